The van der Waals surface area contributed by atoms with Crippen LogP contribution in [0.25, 0.3) is 32.2 Å². The molecule has 1 atom stereocenters. The maximum absolute atomic E-state index is 12.7. The molecule has 0 radical (unpaired) electrons. The molecular weight excluding hydrogens is 432 g/mol. The van der Waals surface area contributed by atoms with Gasteiger partial charge in [-0.15, -0.1) is 11.3 Å². The van der Waals surface area contributed by atoms with Crippen LogP contribution in [0, 0.1) is 6.92 Å². The van der Waals surface area contributed by atoms with Crippen molar-refractivity contribution in [3.63, 3.8) is 0 Å². The van der Waals surface area contributed by atoms with Crippen LogP contribution >= 0.6 is 11.3 Å². The molecule has 2 aliphatic heterocycles. The van der Waals surface area contributed by atoms with Crippen LogP contribution < -0.4 is 20.9 Å². The summed E-state index contributed by atoms with van der Waals surface area (Å²) in [6.45, 7) is 8.71. The van der Waals surface area contributed by atoms with Gasteiger partial charge in [0.1, 0.15) is 10.7 Å². The van der Waals surface area contributed by atoms with E-state index >= 15 is 0 Å². The topological polar surface area (TPSA) is 82.2 Å². The highest BCUT2D eigenvalue weighted by molar-refractivity contribution is 7.21. The van der Waals surface area contributed by atoms with Crippen LogP contribution in [-0.2, 0) is 0 Å². The summed E-state index contributed by atoms with van der Waals surface area (Å²) < 4.78 is 1.09. The molecule has 2 aliphatic rings. The van der Waals surface area contributed by atoms with Gasteiger partial charge in [-0.05, 0) is 50.2 Å². The van der Waals surface area contributed by atoms with Crippen LogP contribution in [0.2, 0.25) is 0 Å². The highest BCUT2D eigenvalue weighted by Crippen LogP contribution is 2.41. The van der Waals surface area contributed by atoms with Crippen molar-refractivity contribution in [2.75, 3.05) is 42.9 Å². The predicted octanol–water partition coefficient (Wildman–Crippen LogP) is 3.77. The van der Waals surface area contributed by atoms with E-state index in [1.54, 1.807) is 0 Å². The standard InChI is InChI=1S/C25H26N6OS/c1-14-13-27-23-22-17-3-5-18(30-19(17)6-7-20(22)33-24(23)25(32)28-14)16-4-8-21(29-15(16)2)31-11-9-26-10-12-31/h3-8,14,26-27H,9-13H2,1-2H3,(H,28,32)/t14-/m1/s1. The van der Waals surface area contributed by atoms with Crippen molar-refractivity contribution in [1.82, 2.24) is 20.6 Å². The van der Waals surface area contributed by atoms with E-state index in [4.69, 9.17) is 9.97 Å². The fraction of sp³-hybridized carbons (Fsp3) is 0.320. The minimum Gasteiger partial charge on any atom is -0.381 e. The summed E-state index contributed by atoms with van der Waals surface area (Å²) in [5.41, 5.74) is 4.79. The Kier molecular flexibility index (Phi) is 4.92. The molecule has 1 fully saturated rings. The third-order valence-electron chi connectivity index (χ3n) is 6.48. The lowest BCUT2D eigenvalue weighted by Crippen LogP contribution is -2.43. The molecule has 3 aromatic heterocycles. The van der Waals surface area contributed by atoms with E-state index in [9.17, 15) is 4.79 Å². The number of hydrogen-bond donors (Lipinski definition) is 3. The molecule has 5 heterocycles. The van der Waals surface area contributed by atoms with Crippen molar-refractivity contribution in [1.29, 1.82) is 0 Å². The summed E-state index contributed by atoms with van der Waals surface area (Å²) in [6.07, 6.45) is 0. The largest absolute Gasteiger partial charge is 0.381 e. The summed E-state index contributed by atoms with van der Waals surface area (Å²) in [4.78, 5) is 25.6. The number of aryl methyl sites for hydroxylation is 1. The summed E-state index contributed by atoms with van der Waals surface area (Å²) in [5, 5.41) is 12.1. The Balaban J connectivity index is 1.42. The second-order valence-electron chi connectivity index (χ2n) is 8.80. The molecule has 1 saturated heterocycles. The van der Waals surface area contributed by atoms with Crippen LogP contribution in [-0.4, -0.2) is 54.6 Å². The number of benzene rings is 1. The van der Waals surface area contributed by atoms with Crippen LogP contribution in [0.5, 0.6) is 0 Å². The van der Waals surface area contributed by atoms with Gasteiger partial charge >= 0.3 is 0 Å². The molecule has 0 unspecified atom stereocenters. The molecule has 6 rings (SSSR count). The lowest BCUT2D eigenvalue weighted by atomic mass is 10.1. The molecule has 3 N–H and O–H groups in total. The third kappa shape index (κ3) is 3.50. The average molecular weight is 459 g/mol. The molecule has 0 aliphatic carbocycles. The molecule has 0 bridgehead atoms. The number of piperazine rings is 1. The second-order valence-corrected chi connectivity index (χ2v) is 9.86. The minimum absolute atomic E-state index is 0.00675. The van der Waals surface area contributed by atoms with Crippen molar-refractivity contribution in [3.8, 4) is 11.3 Å². The van der Waals surface area contributed by atoms with Crippen LogP contribution in [0.4, 0.5) is 11.5 Å². The number of thiophene rings is 1. The maximum atomic E-state index is 12.7. The molecule has 0 spiro atoms. The smallest absolute Gasteiger partial charge is 0.263 e. The molecule has 7 nitrogen and oxygen atoms in total. The zero-order valence-corrected chi connectivity index (χ0v) is 19.6. The Hall–Kier alpha value is -3.23. The number of nitrogens with one attached hydrogen (secondary N) is 3. The number of aromatic nitrogens is 2. The Morgan fingerprint density at radius 3 is 2.73 bits per heavy atom. The normalized spacial score (nSPS) is 18.7. The molecule has 1 aromatic carbocycles. The number of carbonyl (C=O) groups excluding carboxylic acids is 1. The van der Waals surface area contributed by atoms with Crippen molar-refractivity contribution in [2.24, 2.45) is 0 Å². The zero-order valence-electron chi connectivity index (χ0n) is 18.7. The summed E-state index contributed by atoms with van der Waals surface area (Å²) in [5.74, 6) is 1.02. The lowest BCUT2D eigenvalue weighted by Gasteiger charge is -2.28. The number of rotatable bonds is 2. The van der Waals surface area contributed by atoms with Crippen LogP contribution in [0.1, 0.15) is 22.3 Å². The van der Waals surface area contributed by atoms with E-state index in [2.05, 4.69) is 64.2 Å². The number of anilines is 2. The van der Waals surface area contributed by atoms with Gasteiger partial charge in [0.2, 0.25) is 0 Å². The van der Waals surface area contributed by atoms with Gasteiger partial charge in [-0.2, -0.15) is 0 Å². The van der Waals surface area contributed by atoms with E-state index < -0.39 is 0 Å². The first-order valence-electron chi connectivity index (χ1n) is 11.4. The van der Waals surface area contributed by atoms with E-state index in [0.29, 0.717) is 6.54 Å². The monoisotopic (exact) mass is 458 g/mol. The van der Waals surface area contributed by atoms with E-state index in [-0.39, 0.29) is 11.9 Å². The third-order valence-corrected chi connectivity index (χ3v) is 7.63. The summed E-state index contributed by atoms with van der Waals surface area (Å²) in [6, 6.07) is 12.7. The Morgan fingerprint density at radius 1 is 1.06 bits per heavy atom. The number of hydrogen-bond acceptors (Lipinski definition) is 7. The fourth-order valence-corrected chi connectivity index (χ4v) is 5.86. The van der Waals surface area contributed by atoms with Gasteiger partial charge in [-0.3, -0.25) is 4.79 Å². The Labute approximate surface area is 196 Å². The molecule has 0 saturated carbocycles. The first-order chi connectivity index (χ1) is 16.1. The van der Waals surface area contributed by atoms with Crippen LogP contribution in [0.15, 0.2) is 36.4 Å². The van der Waals surface area contributed by atoms with E-state index in [0.717, 1.165) is 80.5 Å². The number of pyridine rings is 2. The average Bonchev–Trinajstić information content (AvgIpc) is 3.15. The molecule has 33 heavy (non-hydrogen) atoms. The van der Waals surface area contributed by atoms with Gasteiger partial charge in [-0.25, -0.2) is 9.97 Å². The Bertz CT molecular complexity index is 1390. The zero-order chi connectivity index (χ0) is 22.5. The van der Waals surface area contributed by atoms with Gasteiger partial charge in [0.05, 0.1) is 16.9 Å². The first kappa shape index (κ1) is 20.4. The van der Waals surface area contributed by atoms with Gasteiger partial charge in [-0.1, -0.05) is 0 Å². The second kappa shape index (κ2) is 7.97. The van der Waals surface area contributed by atoms with Crippen LogP contribution in [0.3, 0.4) is 0 Å². The van der Waals surface area contributed by atoms with Gasteiger partial charge < -0.3 is 20.9 Å². The van der Waals surface area contributed by atoms with E-state index in [1.807, 2.05) is 6.92 Å². The van der Waals surface area contributed by atoms with Crippen molar-refractivity contribution < 1.29 is 4.79 Å². The molecule has 4 aromatic rings. The number of fused-ring (bicyclic) bond motifs is 5. The quantitative estimate of drug-likeness (QED) is 0.424. The highest BCUT2D eigenvalue weighted by atomic mass is 32.1. The predicted molar refractivity (Wildman–Crippen MR) is 136 cm³/mol. The van der Waals surface area contributed by atoms with Gasteiger partial charge in [0, 0.05) is 65.5 Å². The Morgan fingerprint density at radius 2 is 1.91 bits per heavy atom. The first-order valence-corrected chi connectivity index (χ1v) is 12.2. The van der Waals surface area contributed by atoms with Gasteiger partial charge in [0.15, 0.2) is 0 Å². The number of amides is 1. The molecule has 8 heteroatoms. The fourth-order valence-electron chi connectivity index (χ4n) is 4.76. The minimum atomic E-state index is -0.00675. The number of carbonyl (C=O) groups is 1. The SMILES string of the molecule is Cc1nc(N2CCNCC2)ccc1-c1ccc2c(ccc3sc4c(c32)NC[C@@H](C)NC4=O)n1. The molecule has 168 valence electrons. The molecule has 1 amide bonds. The summed E-state index contributed by atoms with van der Waals surface area (Å²) >= 11 is 1.53. The van der Waals surface area contributed by atoms with Crippen molar-refractivity contribution >= 4 is 49.7 Å². The molecular formula is C25H26N6OS. The lowest BCUT2D eigenvalue weighted by molar-refractivity contribution is 0.0949. The van der Waals surface area contributed by atoms with Crippen molar-refractivity contribution in [3.05, 3.63) is 47.0 Å². The van der Waals surface area contributed by atoms with E-state index in [1.165, 1.54) is 11.3 Å². The maximum Gasteiger partial charge on any atom is 0.263 e. The van der Waals surface area contributed by atoms with Crippen molar-refractivity contribution in [2.45, 2.75) is 19.9 Å². The van der Waals surface area contributed by atoms with Gasteiger partial charge in [0.25, 0.3) is 5.91 Å². The number of nitrogens with zero attached hydrogens (tertiary/aromatic N) is 3. The highest BCUT2D eigenvalue weighted by Gasteiger charge is 2.25. The summed E-state index contributed by atoms with van der Waals surface area (Å²) in [7, 11) is 0.